The maximum absolute atomic E-state index is 14.2. The van der Waals surface area contributed by atoms with Gasteiger partial charge < -0.3 is 0 Å². The number of aromatic nitrogens is 2. The molecule has 4 nitrogen and oxygen atoms in total. The van der Waals surface area contributed by atoms with Crippen molar-refractivity contribution < 1.29 is 9.59 Å². The maximum atomic E-state index is 14.2. The third-order valence-corrected chi connectivity index (χ3v) is 8.15. The monoisotopic (exact) mass is 510 g/mol. The average Bonchev–Trinajstić information content (AvgIpc) is 3.63. The van der Waals surface area contributed by atoms with Crippen molar-refractivity contribution in [3.05, 3.63) is 121 Å². The highest BCUT2D eigenvalue weighted by Crippen LogP contribution is 2.47. The molecule has 3 heterocycles. The lowest BCUT2D eigenvalue weighted by atomic mass is 10.0. The standard InChI is InChI=1S/C33H22N2O2S/c1-21(36)34-30-25-17-9-10-18-26(25)35(33(37)23-14-6-3-7-15-23)32(30)29(22-12-4-2-5-13-22)31(34)28-20-24-16-8-11-19-27(24)38-28/h2-20H,1H3. The minimum Gasteiger partial charge on any atom is -0.276 e. The average molecular weight is 511 g/mol. The van der Waals surface area contributed by atoms with Gasteiger partial charge in [0.2, 0.25) is 5.91 Å². The molecule has 0 unspecified atom stereocenters. The Morgan fingerprint density at radius 1 is 0.684 bits per heavy atom. The highest BCUT2D eigenvalue weighted by molar-refractivity contribution is 7.22. The van der Waals surface area contributed by atoms with Gasteiger partial charge in [-0.2, -0.15) is 0 Å². The van der Waals surface area contributed by atoms with E-state index in [4.69, 9.17) is 0 Å². The summed E-state index contributed by atoms with van der Waals surface area (Å²) < 4.78 is 4.74. The van der Waals surface area contributed by atoms with Gasteiger partial charge in [0, 0.05) is 28.1 Å². The largest absolute Gasteiger partial charge is 0.276 e. The molecule has 7 aromatic rings. The Bertz CT molecular complexity index is 1980. The fraction of sp³-hybridized carbons (Fsp3) is 0.0303. The number of hydrogen-bond donors (Lipinski definition) is 0. The Kier molecular flexibility index (Phi) is 5.13. The van der Waals surface area contributed by atoms with Crippen molar-refractivity contribution in [3.8, 4) is 21.7 Å². The lowest BCUT2D eigenvalue weighted by Crippen LogP contribution is -2.11. The van der Waals surface area contributed by atoms with Gasteiger partial charge in [0.25, 0.3) is 5.91 Å². The van der Waals surface area contributed by atoms with E-state index in [0.717, 1.165) is 53.7 Å². The van der Waals surface area contributed by atoms with Crippen molar-refractivity contribution in [1.29, 1.82) is 0 Å². The molecule has 0 radical (unpaired) electrons. The summed E-state index contributed by atoms with van der Waals surface area (Å²) in [6, 6.07) is 37.6. The Balaban J connectivity index is 1.71. The van der Waals surface area contributed by atoms with E-state index in [9.17, 15) is 9.59 Å². The van der Waals surface area contributed by atoms with Crippen LogP contribution in [-0.4, -0.2) is 20.9 Å². The van der Waals surface area contributed by atoms with Crippen LogP contribution in [0, 0.1) is 0 Å². The summed E-state index contributed by atoms with van der Waals surface area (Å²) in [4.78, 5) is 28.6. The molecule has 4 aromatic carbocycles. The summed E-state index contributed by atoms with van der Waals surface area (Å²) in [5.41, 5.74) is 5.51. The van der Waals surface area contributed by atoms with Crippen LogP contribution in [0.2, 0.25) is 0 Å². The van der Waals surface area contributed by atoms with Crippen LogP contribution in [-0.2, 0) is 0 Å². The molecule has 5 heteroatoms. The highest BCUT2D eigenvalue weighted by Gasteiger charge is 2.30. The summed E-state index contributed by atoms with van der Waals surface area (Å²) in [6.07, 6.45) is 0. The van der Waals surface area contributed by atoms with E-state index in [-0.39, 0.29) is 11.8 Å². The van der Waals surface area contributed by atoms with E-state index in [1.165, 1.54) is 0 Å². The van der Waals surface area contributed by atoms with E-state index in [1.807, 2.05) is 97.1 Å². The number of thiophene rings is 1. The van der Waals surface area contributed by atoms with E-state index in [1.54, 1.807) is 27.4 Å². The first-order valence-corrected chi connectivity index (χ1v) is 13.3. The molecule has 0 amide bonds. The van der Waals surface area contributed by atoms with Gasteiger partial charge in [-0.25, -0.2) is 0 Å². The van der Waals surface area contributed by atoms with Crippen LogP contribution in [0.5, 0.6) is 0 Å². The van der Waals surface area contributed by atoms with Gasteiger partial charge in [0.05, 0.1) is 27.1 Å². The van der Waals surface area contributed by atoms with Crippen molar-refractivity contribution >= 4 is 55.2 Å². The lowest BCUT2D eigenvalue weighted by molar-refractivity contribution is 0.0940. The Hall–Kier alpha value is -4.74. The minimum atomic E-state index is -0.127. The number of carbonyl (C=O) groups excluding carboxylic acids is 2. The number of nitrogens with zero attached hydrogens (tertiary/aromatic N) is 2. The zero-order valence-corrected chi connectivity index (χ0v) is 21.4. The first kappa shape index (κ1) is 22.5. The molecule has 38 heavy (non-hydrogen) atoms. The summed E-state index contributed by atoms with van der Waals surface area (Å²) in [6.45, 7) is 1.59. The van der Waals surface area contributed by atoms with Crippen LogP contribution < -0.4 is 0 Å². The number of benzene rings is 4. The molecule has 3 aromatic heterocycles. The third-order valence-electron chi connectivity index (χ3n) is 7.03. The summed E-state index contributed by atoms with van der Waals surface area (Å²) >= 11 is 1.66. The topological polar surface area (TPSA) is 44.0 Å². The second-order valence-electron chi connectivity index (χ2n) is 9.31. The normalized spacial score (nSPS) is 11.5. The predicted octanol–water partition coefficient (Wildman–Crippen LogP) is 8.49. The number of rotatable bonds is 3. The van der Waals surface area contributed by atoms with Crippen LogP contribution in [0.25, 0.3) is 53.7 Å². The molecular formula is C33H22N2O2S. The third kappa shape index (κ3) is 3.29. The van der Waals surface area contributed by atoms with Gasteiger partial charge in [0.1, 0.15) is 0 Å². The van der Waals surface area contributed by atoms with E-state index in [0.29, 0.717) is 5.56 Å². The minimum absolute atomic E-state index is 0.0975. The predicted molar refractivity (Wildman–Crippen MR) is 156 cm³/mol. The summed E-state index contributed by atoms with van der Waals surface area (Å²) in [5.74, 6) is -0.225. The molecular weight excluding hydrogens is 488 g/mol. The summed E-state index contributed by atoms with van der Waals surface area (Å²) in [7, 11) is 0. The van der Waals surface area contributed by atoms with E-state index < -0.39 is 0 Å². The van der Waals surface area contributed by atoms with Crippen molar-refractivity contribution in [2.24, 2.45) is 0 Å². The van der Waals surface area contributed by atoms with Gasteiger partial charge in [0.15, 0.2) is 0 Å². The molecule has 0 bridgehead atoms. The van der Waals surface area contributed by atoms with Crippen molar-refractivity contribution in [2.45, 2.75) is 6.92 Å². The number of carbonyl (C=O) groups is 2. The zero-order valence-electron chi connectivity index (χ0n) is 20.6. The van der Waals surface area contributed by atoms with Gasteiger partial charge >= 0.3 is 0 Å². The molecule has 0 spiro atoms. The molecule has 0 N–H and O–H groups in total. The first-order chi connectivity index (χ1) is 18.6. The molecule has 0 fully saturated rings. The van der Waals surface area contributed by atoms with Gasteiger partial charge in [-0.3, -0.25) is 18.7 Å². The van der Waals surface area contributed by atoms with Gasteiger partial charge in [-0.05, 0) is 41.3 Å². The van der Waals surface area contributed by atoms with E-state index >= 15 is 0 Å². The second-order valence-corrected chi connectivity index (χ2v) is 10.4. The maximum Gasteiger partial charge on any atom is 0.262 e. The molecule has 0 atom stereocenters. The van der Waals surface area contributed by atoms with Gasteiger partial charge in [-0.15, -0.1) is 11.3 Å². The van der Waals surface area contributed by atoms with Crippen LogP contribution in [0.1, 0.15) is 22.1 Å². The fourth-order valence-corrected chi connectivity index (χ4v) is 6.57. The van der Waals surface area contributed by atoms with Crippen LogP contribution >= 0.6 is 11.3 Å². The SMILES string of the molecule is CC(=O)n1c(-c2cc3ccccc3s2)c(-c2ccccc2)c2c1c1ccccc1n2C(=O)c1ccccc1. The Morgan fingerprint density at radius 3 is 2.08 bits per heavy atom. The molecule has 0 saturated heterocycles. The fourth-order valence-electron chi connectivity index (χ4n) is 5.46. The smallest absolute Gasteiger partial charge is 0.262 e. The number of para-hydroxylation sites is 1. The molecule has 0 aliphatic rings. The first-order valence-electron chi connectivity index (χ1n) is 12.5. The number of fused-ring (bicyclic) bond motifs is 4. The molecule has 0 aliphatic heterocycles. The second kappa shape index (κ2) is 8.68. The van der Waals surface area contributed by atoms with Gasteiger partial charge in [-0.1, -0.05) is 84.9 Å². The van der Waals surface area contributed by atoms with Crippen LogP contribution in [0.4, 0.5) is 0 Å². The summed E-state index contributed by atoms with van der Waals surface area (Å²) in [5, 5.41) is 1.99. The molecule has 0 aliphatic carbocycles. The quantitative estimate of drug-likeness (QED) is 0.239. The lowest BCUT2D eigenvalue weighted by Gasteiger charge is -2.11. The zero-order chi connectivity index (χ0) is 25.8. The Labute approximate surface area is 223 Å². The van der Waals surface area contributed by atoms with Crippen molar-refractivity contribution in [3.63, 3.8) is 0 Å². The molecule has 0 saturated carbocycles. The number of hydrogen-bond acceptors (Lipinski definition) is 3. The Morgan fingerprint density at radius 2 is 1.34 bits per heavy atom. The van der Waals surface area contributed by atoms with Crippen molar-refractivity contribution in [2.75, 3.05) is 0 Å². The molecule has 182 valence electrons. The van der Waals surface area contributed by atoms with Crippen LogP contribution in [0.15, 0.2) is 115 Å². The van der Waals surface area contributed by atoms with Crippen LogP contribution in [0.3, 0.4) is 0 Å². The van der Waals surface area contributed by atoms with Crippen molar-refractivity contribution in [1.82, 2.24) is 9.13 Å². The molecule has 7 rings (SSSR count). The van der Waals surface area contributed by atoms with E-state index in [2.05, 4.69) is 18.2 Å². The highest BCUT2D eigenvalue weighted by atomic mass is 32.1.